The zero-order valence-corrected chi connectivity index (χ0v) is 14.8. The molecule has 7 heteroatoms. The molecule has 0 spiro atoms. The molecule has 134 valence electrons. The van der Waals surface area contributed by atoms with Crippen molar-refractivity contribution < 1.29 is 14.1 Å². The average molecular weight is 344 g/mol. The summed E-state index contributed by atoms with van der Waals surface area (Å²) < 4.78 is 10.5. The lowest BCUT2D eigenvalue weighted by Gasteiger charge is -2.33. The van der Waals surface area contributed by atoms with Gasteiger partial charge >= 0.3 is 6.09 Å². The summed E-state index contributed by atoms with van der Waals surface area (Å²) >= 11 is 0. The SMILES string of the molecule is CCOC(=O)N1CCN(CCc2cc(-c3ccnc(C)c3)on2)CC1. The van der Waals surface area contributed by atoms with Crippen molar-refractivity contribution >= 4 is 6.09 Å². The van der Waals surface area contributed by atoms with Crippen LogP contribution in [0.3, 0.4) is 0 Å². The van der Waals surface area contributed by atoms with E-state index in [1.165, 1.54) is 0 Å². The summed E-state index contributed by atoms with van der Waals surface area (Å²) in [7, 11) is 0. The van der Waals surface area contributed by atoms with E-state index in [0.29, 0.717) is 19.7 Å². The van der Waals surface area contributed by atoms with Gasteiger partial charge in [0.15, 0.2) is 5.76 Å². The van der Waals surface area contributed by atoms with Crippen LogP contribution in [-0.2, 0) is 11.2 Å². The molecule has 1 saturated heterocycles. The van der Waals surface area contributed by atoms with Gasteiger partial charge in [-0.2, -0.15) is 0 Å². The molecule has 0 bridgehead atoms. The van der Waals surface area contributed by atoms with Gasteiger partial charge in [-0.3, -0.25) is 9.88 Å². The highest BCUT2D eigenvalue weighted by atomic mass is 16.6. The zero-order valence-electron chi connectivity index (χ0n) is 14.8. The Labute approximate surface area is 147 Å². The third-order valence-electron chi connectivity index (χ3n) is 4.32. The molecule has 7 nitrogen and oxygen atoms in total. The summed E-state index contributed by atoms with van der Waals surface area (Å²) in [6.45, 7) is 8.23. The monoisotopic (exact) mass is 344 g/mol. The fraction of sp³-hybridized carbons (Fsp3) is 0.500. The second-order valence-corrected chi connectivity index (χ2v) is 6.15. The fourth-order valence-electron chi connectivity index (χ4n) is 2.91. The molecule has 2 aromatic heterocycles. The van der Waals surface area contributed by atoms with Crippen molar-refractivity contribution in [3.05, 3.63) is 35.8 Å². The number of ether oxygens (including phenoxy) is 1. The Bertz CT molecular complexity index is 708. The van der Waals surface area contributed by atoms with E-state index in [-0.39, 0.29) is 6.09 Å². The standard InChI is InChI=1S/C18H24N4O3/c1-3-24-18(23)22-10-8-21(9-11-22)7-5-16-13-17(25-20-16)15-4-6-19-14(2)12-15/h4,6,12-13H,3,5,7-11H2,1-2H3. The van der Waals surface area contributed by atoms with E-state index in [1.54, 1.807) is 11.1 Å². The Morgan fingerprint density at radius 3 is 2.80 bits per heavy atom. The van der Waals surface area contributed by atoms with Gasteiger partial charge in [-0.05, 0) is 26.0 Å². The van der Waals surface area contributed by atoms with Gasteiger partial charge in [0.1, 0.15) is 0 Å². The fourth-order valence-corrected chi connectivity index (χ4v) is 2.91. The van der Waals surface area contributed by atoms with Gasteiger partial charge in [0.2, 0.25) is 0 Å². The van der Waals surface area contributed by atoms with E-state index in [2.05, 4.69) is 15.0 Å². The second-order valence-electron chi connectivity index (χ2n) is 6.15. The normalized spacial score (nSPS) is 15.4. The Morgan fingerprint density at radius 1 is 1.28 bits per heavy atom. The number of rotatable bonds is 5. The van der Waals surface area contributed by atoms with Crippen LogP contribution in [0.1, 0.15) is 18.3 Å². The number of hydrogen-bond donors (Lipinski definition) is 0. The molecule has 2 aromatic rings. The number of amides is 1. The number of piperazine rings is 1. The Kier molecular flexibility index (Phi) is 5.65. The van der Waals surface area contributed by atoms with Crippen LogP contribution in [0.2, 0.25) is 0 Å². The van der Waals surface area contributed by atoms with Crippen LogP contribution in [0.4, 0.5) is 4.79 Å². The third-order valence-corrected chi connectivity index (χ3v) is 4.32. The van der Waals surface area contributed by atoms with Gasteiger partial charge in [0, 0.05) is 62.7 Å². The molecule has 0 saturated carbocycles. The number of hydrogen-bond acceptors (Lipinski definition) is 6. The lowest BCUT2D eigenvalue weighted by Crippen LogP contribution is -2.49. The van der Waals surface area contributed by atoms with Crippen LogP contribution in [0.25, 0.3) is 11.3 Å². The van der Waals surface area contributed by atoms with Crippen LogP contribution < -0.4 is 0 Å². The number of aromatic nitrogens is 2. The first-order chi connectivity index (χ1) is 12.2. The van der Waals surface area contributed by atoms with E-state index in [0.717, 1.165) is 48.8 Å². The smallest absolute Gasteiger partial charge is 0.409 e. The predicted octanol–water partition coefficient (Wildman–Crippen LogP) is 2.36. The molecule has 1 amide bonds. The molecule has 1 fully saturated rings. The van der Waals surface area contributed by atoms with E-state index in [1.807, 2.05) is 32.0 Å². The van der Waals surface area contributed by atoms with Gasteiger partial charge in [-0.15, -0.1) is 0 Å². The Hall–Kier alpha value is -2.41. The van der Waals surface area contributed by atoms with Crippen molar-refractivity contribution in [1.82, 2.24) is 19.9 Å². The van der Waals surface area contributed by atoms with Crippen LogP contribution in [0.15, 0.2) is 28.9 Å². The molecule has 0 unspecified atom stereocenters. The second kappa shape index (κ2) is 8.11. The lowest BCUT2D eigenvalue weighted by atomic mass is 10.1. The predicted molar refractivity (Wildman–Crippen MR) is 93.2 cm³/mol. The van der Waals surface area contributed by atoms with Crippen molar-refractivity contribution in [2.45, 2.75) is 20.3 Å². The van der Waals surface area contributed by atoms with Crippen LogP contribution in [0.5, 0.6) is 0 Å². The summed E-state index contributed by atoms with van der Waals surface area (Å²) in [5, 5.41) is 4.17. The number of carbonyl (C=O) groups is 1. The first-order valence-electron chi connectivity index (χ1n) is 8.68. The highest BCUT2D eigenvalue weighted by Gasteiger charge is 2.21. The van der Waals surface area contributed by atoms with E-state index < -0.39 is 0 Å². The van der Waals surface area contributed by atoms with Gasteiger partial charge < -0.3 is 14.2 Å². The van der Waals surface area contributed by atoms with Gasteiger partial charge in [0.05, 0.1) is 12.3 Å². The molecule has 3 rings (SSSR count). The Balaban J connectivity index is 1.48. The molecule has 1 aliphatic heterocycles. The minimum absolute atomic E-state index is 0.212. The summed E-state index contributed by atoms with van der Waals surface area (Å²) in [6.07, 6.45) is 2.39. The number of carbonyl (C=O) groups excluding carboxylic acids is 1. The quantitative estimate of drug-likeness (QED) is 0.829. The van der Waals surface area contributed by atoms with Crippen molar-refractivity contribution in [3.63, 3.8) is 0 Å². The van der Waals surface area contributed by atoms with Crippen molar-refractivity contribution in [1.29, 1.82) is 0 Å². The molecule has 1 aliphatic rings. The van der Waals surface area contributed by atoms with Crippen LogP contribution >= 0.6 is 0 Å². The Morgan fingerprint density at radius 2 is 2.08 bits per heavy atom. The molecule has 0 radical (unpaired) electrons. The molecular formula is C18H24N4O3. The summed E-state index contributed by atoms with van der Waals surface area (Å²) in [5.41, 5.74) is 2.89. The average Bonchev–Trinajstić information content (AvgIpc) is 3.10. The summed E-state index contributed by atoms with van der Waals surface area (Å²) in [5.74, 6) is 0.771. The van der Waals surface area contributed by atoms with Gasteiger partial charge in [0.25, 0.3) is 0 Å². The van der Waals surface area contributed by atoms with Crippen molar-refractivity contribution in [2.75, 3.05) is 39.3 Å². The lowest BCUT2D eigenvalue weighted by molar-refractivity contribution is 0.0798. The molecule has 3 heterocycles. The largest absolute Gasteiger partial charge is 0.450 e. The summed E-state index contributed by atoms with van der Waals surface area (Å²) in [6, 6.07) is 5.90. The van der Waals surface area contributed by atoms with Crippen LogP contribution in [-0.4, -0.2) is 65.4 Å². The maximum Gasteiger partial charge on any atom is 0.409 e. The van der Waals surface area contributed by atoms with E-state index in [9.17, 15) is 4.79 Å². The number of aryl methyl sites for hydroxylation is 1. The highest BCUT2D eigenvalue weighted by molar-refractivity contribution is 5.67. The van der Waals surface area contributed by atoms with E-state index >= 15 is 0 Å². The first-order valence-corrected chi connectivity index (χ1v) is 8.68. The van der Waals surface area contributed by atoms with Gasteiger partial charge in [-0.25, -0.2) is 4.79 Å². The molecule has 25 heavy (non-hydrogen) atoms. The molecule has 0 atom stereocenters. The molecular weight excluding hydrogens is 320 g/mol. The summed E-state index contributed by atoms with van der Waals surface area (Å²) in [4.78, 5) is 20.0. The van der Waals surface area contributed by atoms with Gasteiger partial charge in [-0.1, -0.05) is 5.16 Å². The minimum atomic E-state index is -0.212. The molecule has 0 aromatic carbocycles. The zero-order chi connectivity index (χ0) is 17.6. The third kappa shape index (κ3) is 4.57. The topological polar surface area (TPSA) is 71.7 Å². The first kappa shape index (κ1) is 17.4. The van der Waals surface area contributed by atoms with Crippen molar-refractivity contribution in [2.24, 2.45) is 0 Å². The number of nitrogens with zero attached hydrogens (tertiary/aromatic N) is 4. The molecule has 0 aliphatic carbocycles. The van der Waals surface area contributed by atoms with E-state index in [4.69, 9.17) is 9.26 Å². The maximum absolute atomic E-state index is 11.7. The number of pyridine rings is 1. The van der Waals surface area contributed by atoms with Crippen molar-refractivity contribution in [3.8, 4) is 11.3 Å². The maximum atomic E-state index is 11.7. The van der Waals surface area contributed by atoms with Crippen LogP contribution in [0, 0.1) is 6.92 Å². The highest BCUT2D eigenvalue weighted by Crippen LogP contribution is 2.20. The molecule has 0 N–H and O–H groups in total. The minimum Gasteiger partial charge on any atom is -0.450 e.